The maximum atomic E-state index is 11.5. The number of hydrogen-bond donors (Lipinski definition) is 2. The maximum Gasteiger partial charge on any atom is 0.213 e. The molecule has 0 aliphatic carbocycles. The van der Waals surface area contributed by atoms with Gasteiger partial charge in [0.1, 0.15) is 0 Å². The Morgan fingerprint density at radius 1 is 1.32 bits per heavy atom. The summed E-state index contributed by atoms with van der Waals surface area (Å²) in [5.74, 6) is 0.567. The van der Waals surface area contributed by atoms with E-state index in [-0.39, 0.29) is 29.7 Å². The zero-order chi connectivity index (χ0) is 14.0. The van der Waals surface area contributed by atoms with E-state index in [4.69, 9.17) is 5.73 Å². The molecule has 0 aromatic carbocycles. The summed E-state index contributed by atoms with van der Waals surface area (Å²) >= 11 is 0. The Kier molecular flexibility index (Phi) is 13.1. The van der Waals surface area contributed by atoms with Gasteiger partial charge in [0.15, 0.2) is 5.96 Å². The minimum atomic E-state index is -3.08. The Hall–Kier alpha value is -0.0900. The van der Waals surface area contributed by atoms with Crippen LogP contribution in [0.2, 0.25) is 0 Å². The fourth-order valence-corrected chi connectivity index (χ4v) is 2.15. The standard InChI is InChI=1S/C11H26N4O2S.HI/c1-4-6-8-13-11(12)14-9-7-10-15(3)18(16,17)5-2;/h4-10H2,1-3H3,(H3,12,13,14);1H. The highest BCUT2D eigenvalue weighted by atomic mass is 127. The minimum Gasteiger partial charge on any atom is -0.370 e. The molecule has 0 bridgehead atoms. The molecule has 0 heterocycles. The molecule has 0 aromatic heterocycles. The van der Waals surface area contributed by atoms with Gasteiger partial charge in [-0.05, 0) is 19.8 Å². The van der Waals surface area contributed by atoms with Crippen LogP contribution in [0.4, 0.5) is 0 Å². The molecule has 0 saturated carbocycles. The average molecular weight is 406 g/mol. The summed E-state index contributed by atoms with van der Waals surface area (Å²) < 4.78 is 24.3. The molecule has 0 fully saturated rings. The summed E-state index contributed by atoms with van der Waals surface area (Å²) in [6, 6.07) is 0. The van der Waals surface area contributed by atoms with Crippen molar-refractivity contribution in [2.75, 3.05) is 32.4 Å². The molecular weight excluding hydrogens is 379 g/mol. The zero-order valence-corrected chi connectivity index (χ0v) is 15.2. The predicted octanol–water partition coefficient (Wildman–Crippen LogP) is 0.980. The number of guanidine groups is 1. The molecule has 0 unspecified atom stereocenters. The minimum absolute atomic E-state index is 0. The Morgan fingerprint density at radius 2 is 1.95 bits per heavy atom. The van der Waals surface area contributed by atoms with Gasteiger partial charge in [0, 0.05) is 26.7 Å². The van der Waals surface area contributed by atoms with Crippen molar-refractivity contribution >= 4 is 40.0 Å². The molecule has 0 aromatic rings. The molecular formula is C11H27IN4O2S. The second-order valence-electron chi connectivity index (χ2n) is 4.12. The van der Waals surface area contributed by atoms with E-state index in [1.54, 1.807) is 14.0 Å². The molecule has 116 valence electrons. The van der Waals surface area contributed by atoms with Crippen LogP contribution in [0, 0.1) is 0 Å². The highest BCUT2D eigenvalue weighted by molar-refractivity contribution is 14.0. The first kappa shape index (κ1) is 21.2. The lowest BCUT2D eigenvalue weighted by atomic mass is 10.3. The molecule has 19 heavy (non-hydrogen) atoms. The van der Waals surface area contributed by atoms with Crippen LogP contribution in [-0.2, 0) is 10.0 Å². The molecule has 0 amide bonds. The Bertz CT molecular complexity index is 347. The largest absolute Gasteiger partial charge is 0.370 e. The van der Waals surface area contributed by atoms with Crippen LogP contribution in [-0.4, -0.2) is 51.1 Å². The average Bonchev–Trinajstić information content (AvgIpc) is 2.34. The van der Waals surface area contributed by atoms with Gasteiger partial charge in [-0.15, -0.1) is 24.0 Å². The summed E-state index contributed by atoms with van der Waals surface area (Å²) in [4.78, 5) is 4.14. The monoisotopic (exact) mass is 406 g/mol. The molecule has 0 rings (SSSR count). The fraction of sp³-hybridized carbons (Fsp3) is 0.909. The normalized spacial score (nSPS) is 12.3. The van der Waals surface area contributed by atoms with Crippen LogP contribution in [0.5, 0.6) is 0 Å². The fourth-order valence-electron chi connectivity index (χ4n) is 1.30. The number of sulfonamides is 1. The number of nitrogens with two attached hydrogens (primary N) is 1. The summed E-state index contributed by atoms with van der Waals surface area (Å²) in [6.07, 6.45) is 2.85. The highest BCUT2D eigenvalue weighted by Gasteiger charge is 2.13. The summed E-state index contributed by atoms with van der Waals surface area (Å²) in [6.45, 7) is 5.59. The quantitative estimate of drug-likeness (QED) is 0.259. The van der Waals surface area contributed by atoms with Crippen molar-refractivity contribution in [2.24, 2.45) is 10.7 Å². The second kappa shape index (κ2) is 11.7. The van der Waals surface area contributed by atoms with Gasteiger partial charge in [-0.2, -0.15) is 0 Å². The van der Waals surface area contributed by atoms with Crippen molar-refractivity contribution in [1.82, 2.24) is 9.62 Å². The second-order valence-corrected chi connectivity index (χ2v) is 6.49. The van der Waals surface area contributed by atoms with Crippen LogP contribution >= 0.6 is 24.0 Å². The summed E-state index contributed by atoms with van der Waals surface area (Å²) in [7, 11) is -1.49. The van der Waals surface area contributed by atoms with Gasteiger partial charge in [-0.3, -0.25) is 4.99 Å². The Balaban J connectivity index is 0. The van der Waals surface area contributed by atoms with Crippen LogP contribution in [0.25, 0.3) is 0 Å². The topological polar surface area (TPSA) is 87.8 Å². The number of nitrogens with zero attached hydrogens (tertiary/aromatic N) is 2. The predicted molar refractivity (Wildman–Crippen MR) is 91.5 cm³/mol. The van der Waals surface area contributed by atoms with E-state index in [1.165, 1.54) is 4.31 Å². The molecule has 6 nitrogen and oxygen atoms in total. The number of nitrogens with one attached hydrogen (secondary N) is 1. The molecule has 0 spiro atoms. The smallest absolute Gasteiger partial charge is 0.213 e. The van der Waals surface area contributed by atoms with Gasteiger partial charge in [0.25, 0.3) is 0 Å². The maximum absolute atomic E-state index is 11.5. The van der Waals surface area contributed by atoms with Crippen molar-refractivity contribution in [3.63, 3.8) is 0 Å². The van der Waals surface area contributed by atoms with Crippen molar-refractivity contribution in [2.45, 2.75) is 33.1 Å². The van der Waals surface area contributed by atoms with Gasteiger partial charge in [0.05, 0.1) is 5.75 Å². The van der Waals surface area contributed by atoms with E-state index in [0.29, 0.717) is 25.5 Å². The lowest BCUT2D eigenvalue weighted by Gasteiger charge is -2.14. The van der Waals surface area contributed by atoms with Gasteiger partial charge in [-0.25, -0.2) is 12.7 Å². The summed E-state index contributed by atoms with van der Waals surface area (Å²) in [5, 5.41) is 3.01. The SMILES string of the molecule is CCCCNC(N)=NCCCN(C)S(=O)(=O)CC.I. The van der Waals surface area contributed by atoms with E-state index < -0.39 is 10.0 Å². The number of unbranched alkanes of at least 4 members (excludes halogenated alkanes) is 1. The molecule has 8 heteroatoms. The van der Waals surface area contributed by atoms with Crippen molar-refractivity contribution in [3.05, 3.63) is 0 Å². The van der Waals surface area contributed by atoms with E-state index in [1.807, 2.05) is 0 Å². The van der Waals surface area contributed by atoms with Gasteiger partial charge < -0.3 is 11.1 Å². The lowest BCUT2D eigenvalue weighted by molar-refractivity contribution is 0.465. The third-order valence-corrected chi connectivity index (χ3v) is 4.45. The lowest BCUT2D eigenvalue weighted by Crippen LogP contribution is -2.33. The van der Waals surface area contributed by atoms with E-state index in [2.05, 4.69) is 17.2 Å². The molecule has 3 N–H and O–H groups in total. The van der Waals surface area contributed by atoms with E-state index >= 15 is 0 Å². The van der Waals surface area contributed by atoms with E-state index in [9.17, 15) is 8.42 Å². The molecule has 0 radical (unpaired) electrons. The third-order valence-electron chi connectivity index (χ3n) is 2.59. The molecule has 0 aliphatic rings. The highest BCUT2D eigenvalue weighted by Crippen LogP contribution is 1.98. The third kappa shape index (κ3) is 10.4. The molecule has 0 atom stereocenters. The van der Waals surface area contributed by atoms with Gasteiger partial charge >= 0.3 is 0 Å². The molecule has 0 saturated heterocycles. The first-order valence-electron chi connectivity index (χ1n) is 6.41. The van der Waals surface area contributed by atoms with Crippen LogP contribution in [0.3, 0.4) is 0 Å². The van der Waals surface area contributed by atoms with Gasteiger partial charge in [-0.1, -0.05) is 13.3 Å². The van der Waals surface area contributed by atoms with Crippen molar-refractivity contribution in [1.29, 1.82) is 0 Å². The van der Waals surface area contributed by atoms with Crippen LogP contribution in [0.1, 0.15) is 33.1 Å². The Labute approximate surface area is 134 Å². The van der Waals surface area contributed by atoms with Crippen molar-refractivity contribution < 1.29 is 8.42 Å². The summed E-state index contributed by atoms with van der Waals surface area (Å²) in [5.41, 5.74) is 5.65. The number of hydrogen-bond acceptors (Lipinski definition) is 3. The number of halogens is 1. The first-order valence-corrected chi connectivity index (χ1v) is 8.02. The van der Waals surface area contributed by atoms with Crippen LogP contribution in [0.15, 0.2) is 4.99 Å². The number of aliphatic imine (C=N–C) groups is 1. The number of rotatable bonds is 9. The van der Waals surface area contributed by atoms with Crippen molar-refractivity contribution in [3.8, 4) is 0 Å². The molecule has 0 aliphatic heterocycles. The van der Waals surface area contributed by atoms with Crippen LogP contribution < -0.4 is 11.1 Å². The zero-order valence-electron chi connectivity index (χ0n) is 12.1. The Morgan fingerprint density at radius 3 is 2.47 bits per heavy atom. The van der Waals surface area contributed by atoms with E-state index in [0.717, 1.165) is 19.4 Å². The first-order chi connectivity index (χ1) is 8.44. The van der Waals surface area contributed by atoms with Gasteiger partial charge in [0.2, 0.25) is 10.0 Å².